The van der Waals surface area contributed by atoms with Gasteiger partial charge < -0.3 is 9.30 Å². The summed E-state index contributed by atoms with van der Waals surface area (Å²) in [7, 11) is -1.78. The quantitative estimate of drug-likeness (QED) is 0.365. The monoisotopic (exact) mass is 494 g/mol. The lowest BCUT2D eigenvalue weighted by Crippen LogP contribution is -2.19. The SMILES string of the molecule is COCCn1c(=NC(=O)c2ccc(C(=O)c3ccccc3)cc2)sc2cc(S(C)(=O)=O)ccc21. The Kier molecular flexibility index (Phi) is 6.87. The van der Waals surface area contributed by atoms with E-state index in [-0.39, 0.29) is 10.7 Å². The fourth-order valence-electron chi connectivity index (χ4n) is 3.44. The van der Waals surface area contributed by atoms with E-state index in [9.17, 15) is 18.0 Å². The normalized spacial score (nSPS) is 12.2. The molecule has 0 aliphatic heterocycles. The third-order valence-electron chi connectivity index (χ3n) is 5.23. The maximum atomic E-state index is 12.9. The third-order valence-corrected chi connectivity index (χ3v) is 7.38. The minimum absolute atomic E-state index is 0.125. The van der Waals surface area contributed by atoms with Gasteiger partial charge in [0.25, 0.3) is 5.91 Å². The number of benzene rings is 3. The van der Waals surface area contributed by atoms with Crippen LogP contribution < -0.4 is 4.80 Å². The molecule has 7 nitrogen and oxygen atoms in total. The maximum Gasteiger partial charge on any atom is 0.279 e. The van der Waals surface area contributed by atoms with Crippen LogP contribution in [0.4, 0.5) is 0 Å². The van der Waals surface area contributed by atoms with E-state index < -0.39 is 15.7 Å². The van der Waals surface area contributed by atoms with Crippen molar-refractivity contribution in [2.24, 2.45) is 4.99 Å². The van der Waals surface area contributed by atoms with Gasteiger partial charge in [0.05, 0.1) is 21.7 Å². The van der Waals surface area contributed by atoms with Gasteiger partial charge in [0.2, 0.25) is 0 Å². The number of ketones is 1. The first kappa shape index (κ1) is 23.7. The standard InChI is InChI=1S/C25H22N2O5S2/c1-32-15-14-27-21-13-12-20(34(2,30)31)16-22(21)33-25(27)26-24(29)19-10-8-18(9-11-19)23(28)17-6-4-3-5-7-17/h3-13,16H,14-15H2,1-2H3. The predicted molar refractivity (Wildman–Crippen MR) is 131 cm³/mol. The first-order valence-electron chi connectivity index (χ1n) is 10.4. The number of sulfone groups is 1. The largest absolute Gasteiger partial charge is 0.383 e. The topological polar surface area (TPSA) is 94.8 Å². The molecular formula is C25H22N2O5S2. The van der Waals surface area contributed by atoms with Gasteiger partial charge in [0.15, 0.2) is 20.4 Å². The van der Waals surface area contributed by atoms with Gasteiger partial charge >= 0.3 is 0 Å². The van der Waals surface area contributed by atoms with E-state index >= 15 is 0 Å². The summed E-state index contributed by atoms with van der Waals surface area (Å²) < 4.78 is 31.6. The third kappa shape index (κ3) is 5.06. The second-order valence-corrected chi connectivity index (χ2v) is 10.6. The number of ether oxygens (including phenoxy) is 1. The number of carbonyl (C=O) groups excluding carboxylic acids is 2. The average Bonchev–Trinajstić information content (AvgIpc) is 3.18. The average molecular weight is 495 g/mol. The van der Waals surface area contributed by atoms with E-state index in [2.05, 4.69) is 4.99 Å². The van der Waals surface area contributed by atoms with Crippen LogP contribution >= 0.6 is 11.3 Å². The van der Waals surface area contributed by atoms with Gasteiger partial charge in [-0.3, -0.25) is 9.59 Å². The summed E-state index contributed by atoms with van der Waals surface area (Å²) in [6, 6.07) is 20.2. The Labute approximate surface area is 200 Å². The molecule has 0 saturated carbocycles. The molecule has 3 aromatic carbocycles. The van der Waals surface area contributed by atoms with Crippen molar-refractivity contribution in [2.45, 2.75) is 11.4 Å². The summed E-state index contributed by atoms with van der Waals surface area (Å²) in [5, 5.41) is 0. The number of hydrogen-bond acceptors (Lipinski definition) is 6. The lowest BCUT2D eigenvalue weighted by Gasteiger charge is -2.05. The molecule has 9 heteroatoms. The predicted octanol–water partition coefficient (Wildman–Crippen LogP) is 3.72. The number of fused-ring (bicyclic) bond motifs is 1. The number of carbonyl (C=O) groups is 2. The Morgan fingerprint density at radius 3 is 2.24 bits per heavy atom. The van der Waals surface area contributed by atoms with Crippen LogP contribution in [0.1, 0.15) is 26.3 Å². The highest BCUT2D eigenvalue weighted by atomic mass is 32.2. The highest BCUT2D eigenvalue weighted by Crippen LogP contribution is 2.22. The molecule has 0 radical (unpaired) electrons. The Hall–Kier alpha value is -3.40. The van der Waals surface area contributed by atoms with Crippen molar-refractivity contribution >= 4 is 43.1 Å². The number of amides is 1. The first-order chi connectivity index (χ1) is 16.3. The summed E-state index contributed by atoms with van der Waals surface area (Å²) in [5.74, 6) is -0.583. The minimum Gasteiger partial charge on any atom is -0.383 e. The highest BCUT2D eigenvalue weighted by Gasteiger charge is 2.14. The molecule has 0 fully saturated rings. The van der Waals surface area contributed by atoms with Crippen LogP contribution in [0.5, 0.6) is 0 Å². The zero-order valence-corrected chi connectivity index (χ0v) is 20.2. The molecule has 0 atom stereocenters. The van der Waals surface area contributed by atoms with Crippen molar-refractivity contribution in [3.63, 3.8) is 0 Å². The molecule has 1 heterocycles. The second-order valence-electron chi connectivity index (χ2n) is 7.62. The van der Waals surface area contributed by atoms with Crippen LogP contribution in [0.25, 0.3) is 10.2 Å². The minimum atomic E-state index is -3.36. The second kappa shape index (κ2) is 9.84. The molecule has 4 rings (SSSR count). The molecule has 0 saturated heterocycles. The van der Waals surface area contributed by atoms with Gasteiger partial charge in [-0.2, -0.15) is 4.99 Å². The van der Waals surface area contributed by atoms with E-state index in [1.807, 2.05) is 10.6 Å². The zero-order valence-electron chi connectivity index (χ0n) is 18.6. The summed E-state index contributed by atoms with van der Waals surface area (Å²) >= 11 is 1.23. The maximum absolute atomic E-state index is 12.9. The Balaban J connectivity index is 1.69. The van der Waals surface area contributed by atoms with E-state index in [4.69, 9.17) is 4.74 Å². The molecule has 34 heavy (non-hydrogen) atoms. The highest BCUT2D eigenvalue weighted by molar-refractivity contribution is 7.90. The van der Waals surface area contributed by atoms with Crippen LogP contribution in [-0.2, 0) is 21.1 Å². The van der Waals surface area contributed by atoms with E-state index in [1.165, 1.54) is 11.3 Å². The van der Waals surface area contributed by atoms with E-state index in [0.29, 0.717) is 39.3 Å². The van der Waals surface area contributed by atoms with E-state index in [0.717, 1.165) is 11.8 Å². The molecule has 4 aromatic rings. The zero-order chi connectivity index (χ0) is 24.3. The van der Waals surface area contributed by atoms with Crippen molar-refractivity contribution in [1.82, 2.24) is 4.57 Å². The summed E-state index contributed by atoms with van der Waals surface area (Å²) in [6.45, 7) is 0.850. The molecule has 0 bridgehead atoms. The van der Waals surface area contributed by atoms with Crippen LogP contribution in [0.2, 0.25) is 0 Å². The molecule has 174 valence electrons. The summed E-state index contributed by atoms with van der Waals surface area (Å²) in [5.41, 5.74) is 2.17. The van der Waals surface area contributed by atoms with Gasteiger partial charge in [0.1, 0.15) is 0 Å². The Morgan fingerprint density at radius 1 is 0.941 bits per heavy atom. The smallest absolute Gasteiger partial charge is 0.279 e. The lowest BCUT2D eigenvalue weighted by molar-refractivity contribution is 0.0994. The number of thiazole rings is 1. The Bertz CT molecular complexity index is 1530. The number of aromatic nitrogens is 1. The molecule has 1 aromatic heterocycles. The van der Waals surface area contributed by atoms with Gasteiger partial charge in [-0.15, -0.1) is 0 Å². The number of nitrogens with zero attached hydrogens (tertiary/aromatic N) is 2. The van der Waals surface area contributed by atoms with Crippen LogP contribution in [0.3, 0.4) is 0 Å². The van der Waals surface area contributed by atoms with Gasteiger partial charge in [-0.05, 0) is 30.3 Å². The number of hydrogen-bond donors (Lipinski definition) is 0. The van der Waals surface area contributed by atoms with Gasteiger partial charge in [0, 0.05) is 36.6 Å². The molecule has 0 aliphatic carbocycles. The van der Waals surface area contributed by atoms with Crippen LogP contribution in [-0.4, -0.2) is 44.6 Å². The summed E-state index contributed by atoms with van der Waals surface area (Å²) in [4.78, 5) is 30.4. The van der Waals surface area contributed by atoms with Crippen molar-refractivity contribution in [3.05, 3.63) is 94.3 Å². The van der Waals surface area contributed by atoms with Crippen molar-refractivity contribution in [2.75, 3.05) is 20.0 Å². The van der Waals surface area contributed by atoms with Crippen molar-refractivity contribution < 1.29 is 22.7 Å². The van der Waals surface area contributed by atoms with Gasteiger partial charge in [-0.25, -0.2) is 8.42 Å². The molecule has 1 amide bonds. The molecule has 0 N–H and O–H groups in total. The fourth-order valence-corrected chi connectivity index (χ4v) is 5.26. The molecule has 0 aliphatic rings. The molecule has 0 unspecified atom stereocenters. The molecular weight excluding hydrogens is 472 g/mol. The van der Waals surface area contributed by atoms with Crippen molar-refractivity contribution in [3.8, 4) is 0 Å². The first-order valence-corrected chi connectivity index (χ1v) is 13.1. The van der Waals surface area contributed by atoms with Crippen molar-refractivity contribution in [1.29, 1.82) is 0 Å². The molecule has 0 spiro atoms. The van der Waals surface area contributed by atoms with Gasteiger partial charge in [-0.1, -0.05) is 53.8 Å². The van der Waals surface area contributed by atoms with Crippen LogP contribution in [0, 0.1) is 0 Å². The van der Waals surface area contributed by atoms with E-state index in [1.54, 1.807) is 73.8 Å². The van der Waals surface area contributed by atoms with Crippen LogP contribution in [0.15, 0.2) is 82.7 Å². The number of methoxy groups -OCH3 is 1. The lowest BCUT2D eigenvalue weighted by atomic mass is 10.0. The fraction of sp³-hybridized carbons (Fsp3) is 0.160. The Morgan fingerprint density at radius 2 is 1.59 bits per heavy atom. The summed E-state index contributed by atoms with van der Waals surface area (Å²) in [6.07, 6.45) is 1.15. The number of rotatable bonds is 7.